The van der Waals surface area contributed by atoms with E-state index in [0.29, 0.717) is 6.01 Å². The van der Waals surface area contributed by atoms with E-state index in [0.717, 1.165) is 28.8 Å². The molecule has 136 valence electrons. The number of unbranched alkanes of at least 4 members (excludes halogenated alkanes) is 1. The van der Waals surface area contributed by atoms with E-state index in [-0.39, 0.29) is 0 Å². The molecule has 0 aliphatic rings. The Labute approximate surface area is 160 Å². The van der Waals surface area contributed by atoms with Crippen LogP contribution in [0.5, 0.6) is 0 Å². The summed E-state index contributed by atoms with van der Waals surface area (Å²) < 4.78 is 5.95. The molecule has 1 N–H and O–H groups in total. The average Bonchev–Trinajstić information content (AvgIpc) is 3.10. The predicted molar refractivity (Wildman–Crippen MR) is 113 cm³/mol. The molecule has 0 fully saturated rings. The van der Waals surface area contributed by atoms with Crippen LogP contribution < -0.4 is 5.32 Å². The van der Waals surface area contributed by atoms with Gasteiger partial charge >= 0.3 is 0 Å². The fraction of sp³-hybridized carbons (Fsp3) is 0.208. The van der Waals surface area contributed by atoms with E-state index >= 15 is 0 Å². The number of hydrogen-bond donors (Lipinski definition) is 1. The van der Waals surface area contributed by atoms with Crippen LogP contribution in [0.3, 0.4) is 0 Å². The minimum Gasteiger partial charge on any atom is -0.423 e. The van der Waals surface area contributed by atoms with Gasteiger partial charge in [0.2, 0.25) is 0 Å². The zero-order valence-corrected chi connectivity index (χ0v) is 15.8. The van der Waals surface area contributed by atoms with Crippen molar-refractivity contribution in [2.24, 2.45) is 0 Å². The maximum Gasteiger partial charge on any atom is 0.300 e. The van der Waals surface area contributed by atoms with Crippen LogP contribution in [-0.2, 0) is 6.42 Å². The fourth-order valence-corrected chi connectivity index (χ4v) is 3.35. The van der Waals surface area contributed by atoms with Crippen molar-refractivity contribution >= 4 is 22.8 Å². The maximum absolute atomic E-state index is 5.95. The van der Waals surface area contributed by atoms with Gasteiger partial charge in [0.1, 0.15) is 5.52 Å². The normalized spacial score (nSPS) is 11.0. The lowest BCUT2D eigenvalue weighted by Crippen LogP contribution is -1.91. The van der Waals surface area contributed by atoms with Crippen molar-refractivity contribution in [3.05, 3.63) is 77.9 Å². The summed E-state index contributed by atoms with van der Waals surface area (Å²) in [5.41, 5.74) is 7.53. The topological polar surface area (TPSA) is 38.1 Å². The third-order valence-corrected chi connectivity index (χ3v) is 4.88. The first-order valence-corrected chi connectivity index (χ1v) is 9.56. The predicted octanol–water partition coefficient (Wildman–Crippen LogP) is 6.89. The first kappa shape index (κ1) is 17.3. The van der Waals surface area contributed by atoms with Gasteiger partial charge in [-0.3, -0.25) is 0 Å². The molecule has 0 saturated heterocycles. The lowest BCUT2D eigenvalue weighted by Gasteiger charge is -2.05. The summed E-state index contributed by atoms with van der Waals surface area (Å²) in [4.78, 5) is 4.72. The Balaban J connectivity index is 1.62. The molecule has 0 atom stereocenters. The Morgan fingerprint density at radius 2 is 1.67 bits per heavy atom. The highest BCUT2D eigenvalue weighted by molar-refractivity contribution is 5.92. The molecule has 0 aliphatic heterocycles. The summed E-state index contributed by atoms with van der Waals surface area (Å²) in [6.07, 6.45) is 3.56. The smallest absolute Gasteiger partial charge is 0.300 e. The number of aryl methyl sites for hydroxylation is 2. The summed E-state index contributed by atoms with van der Waals surface area (Å²) in [6, 6.07) is 23.5. The van der Waals surface area contributed by atoms with Gasteiger partial charge in [-0.15, -0.1) is 0 Å². The van der Waals surface area contributed by atoms with Crippen molar-refractivity contribution in [3.8, 4) is 11.1 Å². The molecule has 1 heterocycles. The SMILES string of the molecule is CCCCc1ccc(Nc2nc3c(-c4ccccc4C)cccc3o2)cc1. The lowest BCUT2D eigenvalue weighted by molar-refractivity contribution is 0.623. The molecule has 0 radical (unpaired) electrons. The van der Waals surface area contributed by atoms with Gasteiger partial charge in [0.25, 0.3) is 6.01 Å². The van der Waals surface area contributed by atoms with E-state index in [4.69, 9.17) is 9.40 Å². The summed E-state index contributed by atoms with van der Waals surface area (Å²) in [5, 5.41) is 3.29. The van der Waals surface area contributed by atoms with Crippen molar-refractivity contribution in [3.63, 3.8) is 0 Å². The van der Waals surface area contributed by atoms with Crippen LogP contribution in [0.25, 0.3) is 22.2 Å². The minimum atomic E-state index is 0.521. The molecule has 0 bridgehead atoms. The van der Waals surface area contributed by atoms with Crippen molar-refractivity contribution in [1.82, 2.24) is 4.98 Å². The Bertz CT molecular complexity index is 1050. The van der Waals surface area contributed by atoms with Crippen LogP contribution >= 0.6 is 0 Å². The van der Waals surface area contributed by atoms with Gasteiger partial charge in [-0.25, -0.2) is 0 Å². The summed E-state index contributed by atoms with van der Waals surface area (Å²) >= 11 is 0. The molecule has 3 nitrogen and oxygen atoms in total. The first-order chi connectivity index (χ1) is 13.2. The Morgan fingerprint density at radius 1 is 0.889 bits per heavy atom. The molecule has 0 aliphatic carbocycles. The quantitative estimate of drug-likeness (QED) is 0.409. The Kier molecular flexibility index (Phi) is 4.93. The van der Waals surface area contributed by atoms with Crippen molar-refractivity contribution in [1.29, 1.82) is 0 Å². The van der Waals surface area contributed by atoms with Crippen molar-refractivity contribution in [2.45, 2.75) is 33.1 Å². The van der Waals surface area contributed by atoms with Crippen LogP contribution in [-0.4, -0.2) is 4.98 Å². The van der Waals surface area contributed by atoms with Gasteiger partial charge in [-0.05, 0) is 54.7 Å². The molecular formula is C24H24N2O. The number of benzene rings is 3. The third kappa shape index (κ3) is 3.72. The van der Waals surface area contributed by atoms with Crippen LogP contribution in [0.2, 0.25) is 0 Å². The number of rotatable bonds is 6. The standard InChI is InChI=1S/C24H24N2O/c1-3-4-9-18-13-15-19(16-14-18)25-24-26-23-21(11-7-12-22(23)27-24)20-10-6-5-8-17(20)2/h5-8,10-16H,3-4,9H2,1-2H3,(H,25,26). The van der Waals surface area contributed by atoms with E-state index in [1.807, 2.05) is 12.1 Å². The number of para-hydroxylation sites is 1. The number of hydrogen-bond acceptors (Lipinski definition) is 3. The number of oxazole rings is 1. The van der Waals surface area contributed by atoms with Gasteiger partial charge in [0.05, 0.1) is 0 Å². The van der Waals surface area contributed by atoms with Crippen LogP contribution in [0.4, 0.5) is 11.7 Å². The zero-order chi connectivity index (χ0) is 18.6. The third-order valence-electron chi connectivity index (χ3n) is 4.88. The highest BCUT2D eigenvalue weighted by Crippen LogP contribution is 2.32. The average molecular weight is 356 g/mol. The van der Waals surface area contributed by atoms with E-state index in [1.165, 1.54) is 29.5 Å². The molecule has 4 rings (SSSR count). The van der Waals surface area contributed by atoms with E-state index in [9.17, 15) is 0 Å². The molecule has 4 aromatic rings. The van der Waals surface area contributed by atoms with Crippen LogP contribution in [0, 0.1) is 6.92 Å². The monoisotopic (exact) mass is 356 g/mol. The van der Waals surface area contributed by atoms with Crippen LogP contribution in [0.15, 0.2) is 71.1 Å². The second-order valence-electron chi connectivity index (χ2n) is 6.91. The molecule has 0 amide bonds. The summed E-state index contributed by atoms with van der Waals surface area (Å²) in [6.45, 7) is 4.34. The second-order valence-corrected chi connectivity index (χ2v) is 6.91. The van der Waals surface area contributed by atoms with E-state index in [1.54, 1.807) is 0 Å². The molecule has 0 unspecified atom stereocenters. The number of anilines is 2. The highest BCUT2D eigenvalue weighted by Gasteiger charge is 2.12. The summed E-state index contributed by atoms with van der Waals surface area (Å²) in [5.74, 6) is 0. The lowest BCUT2D eigenvalue weighted by atomic mass is 10.00. The van der Waals surface area contributed by atoms with Gasteiger partial charge < -0.3 is 9.73 Å². The Morgan fingerprint density at radius 3 is 2.44 bits per heavy atom. The largest absolute Gasteiger partial charge is 0.423 e. The fourth-order valence-electron chi connectivity index (χ4n) is 3.35. The van der Waals surface area contributed by atoms with E-state index in [2.05, 4.69) is 73.8 Å². The van der Waals surface area contributed by atoms with Gasteiger partial charge in [0.15, 0.2) is 5.58 Å². The van der Waals surface area contributed by atoms with Gasteiger partial charge in [0, 0.05) is 11.3 Å². The first-order valence-electron chi connectivity index (χ1n) is 9.56. The minimum absolute atomic E-state index is 0.521. The molecule has 27 heavy (non-hydrogen) atoms. The number of fused-ring (bicyclic) bond motifs is 1. The number of nitrogens with one attached hydrogen (secondary N) is 1. The van der Waals surface area contributed by atoms with Gasteiger partial charge in [-0.1, -0.05) is 61.9 Å². The molecule has 0 saturated carbocycles. The molecule has 1 aromatic heterocycles. The molecule has 3 heteroatoms. The molecule has 0 spiro atoms. The molecule has 3 aromatic carbocycles. The van der Waals surface area contributed by atoms with Crippen LogP contribution in [0.1, 0.15) is 30.9 Å². The number of aromatic nitrogens is 1. The van der Waals surface area contributed by atoms with Gasteiger partial charge in [-0.2, -0.15) is 4.98 Å². The maximum atomic E-state index is 5.95. The molecular weight excluding hydrogens is 332 g/mol. The van der Waals surface area contributed by atoms with E-state index < -0.39 is 0 Å². The Hall–Kier alpha value is -3.07. The zero-order valence-electron chi connectivity index (χ0n) is 15.8. The highest BCUT2D eigenvalue weighted by atomic mass is 16.4. The second kappa shape index (κ2) is 7.67. The van der Waals surface area contributed by atoms with Crippen molar-refractivity contribution in [2.75, 3.05) is 5.32 Å². The number of nitrogens with zero attached hydrogens (tertiary/aromatic N) is 1. The van der Waals surface area contributed by atoms with Crippen molar-refractivity contribution < 1.29 is 4.42 Å². The summed E-state index contributed by atoms with van der Waals surface area (Å²) in [7, 11) is 0.